The Bertz CT molecular complexity index is 628. The van der Waals surface area contributed by atoms with Crippen LogP contribution in [0.25, 0.3) is 11.0 Å². The minimum absolute atomic E-state index is 0. The van der Waals surface area contributed by atoms with E-state index in [9.17, 15) is 0 Å². The minimum Gasteiger partial charge on any atom is -0.326 e. The lowest BCUT2D eigenvalue weighted by molar-refractivity contribution is 1.29. The largest absolute Gasteiger partial charge is 0.326 e. The summed E-state index contributed by atoms with van der Waals surface area (Å²) in [5.41, 5.74) is 4.30. The second kappa shape index (κ2) is 5.10. The summed E-state index contributed by atoms with van der Waals surface area (Å²) in [4.78, 5) is 7.73. The van der Waals surface area contributed by atoms with Crippen LogP contribution < -0.4 is 5.32 Å². The van der Waals surface area contributed by atoms with Crippen molar-refractivity contribution in [3.05, 3.63) is 54.1 Å². The van der Waals surface area contributed by atoms with Crippen LogP contribution in [0.5, 0.6) is 0 Å². The molecule has 18 heavy (non-hydrogen) atoms. The Kier molecular flexibility index (Phi) is 3.53. The highest BCUT2D eigenvalue weighted by Gasteiger charge is 2.02. The molecular weight excluding hydrogens is 246 g/mol. The third kappa shape index (κ3) is 2.31. The highest BCUT2D eigenvalue weighted by atomic mass is 35.5. The Balaban J connectivity index is 0.00000120. The summed E-state index contributed by atoms with van der Waals surface area (Å²) in [5, 5.41) is 3.29. The second-order valence-electron chi connectivity index (χ2n) is 4.04. The van der Waals surface area contributed by atoms with Crippen molar-refractivity contribution in [2.24, 2.45) is 0 Å². The van der Waals surface area contributed by atoms with Crippen molar-refractivity contribution in [3.63, 3.8) is 0 Å². The molecule has 0 bridgehead atoms. The molecule has 0 radical (unpaired) electrons. The number of aryl methyl sites for hydroxylation is 1. The average molecular weight is 260 g/mol. The highest BCUT2D eigenvalue weighted by Crippen LogP contribution is 2.20. The summed E-state index contributed by atoms with van der Waals surface area (Å²) in [6.07, 6.45) is 0. The summed E-state index contributed by atoms with van der Waals surface area (Å²) < 4.78 is 0. The van der Waals surface area contributed by atoms with Gasteiger partial charge in [-0.25, -0.2) is 4.98 Å². The molecule has 0 fully saturated rings. The number of nitrogens with zero attached hydrogens (tertiary/aromatic N) is 1. The number of H-pyrrole nitrogens is 1. The van der Waals surface area contributed by atoms with Gasteiger partial charge >= 0.3 is 0 Å². The van der Waals surface area contributed by atoms with Gasteiger partial charge < -0.3 is 10.3 Å². The van der Waals surface area contributed by atoms with E-state index in [1.807, 2.05) is 42.5 Å². The molecule has 0 amide bonds. The fourth-order valence-corrected chi connectivity index (χ4v) is 1.85. The molecule has 0 saturated carbocycles. The molecule has 1 aromatic heterocycles. The third-order valence-corrected chi connectivity index (χ3v) is 2.79. The van der Waals surface area contributed by atoms with E-state index < -0.39 is 0 Å². The number of para-hydroxylation sites is 3. The van der Waals surface area contributed by atoms with Gasteiger partial charge in [0, 0.05) is 5.69 Å². The van der Waals surface area contributed by atoms with Crippen LogP contribution in [0.2, 0.25) is 0 Å². The lowest BCUT2D eigenvalue weighted by Gasteiger charge is -2.05. The van der Waals surface area contributed by atoms with E-state index in [0.29, 0.717) is 0 Å². The molecular formula is C14H14ClN3. The fraction of sp³-hybridized carbons (Fsp3) is 0.0714. The molecule has 92 valence electrons. The molecule has 0 aliphatic heterocycles. The van der Waals surface area contributed by atoms with E-state index in [-0.39, 0.29) is 12.4 Å². The number of rotatable bonds is 2. The monoisotopic (exact) mass is 259 g/mol. The zero-order valence-electron chi connectivity index (χ0n) is 9.97. The van der Waals surface area contributed by atoms with Gasteiger partial charge in [0.25, 0.3) is 0 Å². The van der Waals surface area contributed by atoms with Crippen molar-refractivity contribution in [2.45, 2.75) is 6.92 Å². The van der Waals surface area contributed by atoms with Crippen LogP contribution >= 0.6 is 12.4 Å². The summed E-state index contributed by atoms with van der Waals surface area (Å²) in [6, 6.07) is 16.2. The van der Waals surface area contributed by atoms with E-state index in [1.165, 1.54) is 5.56 Å². The lowest BCUT2D eigenvalue weighted by atomic mass is 10.2. The Morgan fingerprint density at radius 3 is 2.50 bits per heavy atom. The summed E-state index contributed by atoms with van der Waals surface area (Å²) in [5.74, 6) is 0.778. The first-order valence-corrected chi connectivity index (χ1v) is 5.60. The van der Waals surface area contributed by atoms with E-state index in [4.69, 9.17) is 0 Å². The predicted molar refractivity (Wildman–Crippen MR) is 77.8 cm³/mol. The number of aromatic amines is 1. The quantitative estimate of drug-likeness (QED) is 0.729. The first kappa shape index (κ1) is 12.5. The van der Waals surface area contributed by atoms with Crippen molar-refractivity contribution >= 4 is 35.1 Å². The second-order valence-corrected chi connectivity index (χ2v) is 4.04. The van der Waals surface area contributed by atoms with Gasteiger partial charge in [-0.05, 0) is 30.7 Å². The topological polar surface area (TPSA) is 40.7 Å². The predicted octanol–water partition coefficient (Wildman–Crippen LogP) is 4.04. The number of nitrogens with one attached hydrogen (secondary N) is 2. The number of benzene rings is 2. The van der Waals surface area contributed by atoms with Crippen molar-refractivity contribution in [3.8, 4) is 0 Å². The average Bonchev–Trinajstić information content (AvgIpc) is 2.74. The van der Waals surface area contributed by atoms with E-state index in [0.717, 1.165) is 22.7 Å². The fourth-order valence-electron chi connectivity index (χ4n) is 1.85. The first-order valence-electron chi connectivity index (χ1n) is 5.60. The van der Waals surface area contributed by atoms with Crippen LogP contribution in [0.1, 0.15) is 5.56 Å². The van der Waals surface area contributed by atoms with Crippen LogP contribution in [0.15, 0.2) is 48.5 Å². The SMILES string of the molecule is Cc1ccccc1Nc1nc2ccccc2[nH]1.Cl. The van der Waals surface area contributed by atoms with Crippen LogP contribution in [0.4, 0.5) is 11.6 Å². The molecule has 0 saturated heterocycles. The molecule has 2 N–H and O–H groups in total. The Labute approximate surface area is 112 Å². The van der Waals surface area contributed by atoms with Crippen LogP contribution in [0.3, 0.4) is 0 Å². The highest BCUT2D eigenvalue weighted by molar-refractivity contribution is 5.85. The maximum Gasteiger partial charge on any atom is 0.205 e. The molecule has 0 atom stereocenters. The maximum atomic E-state index is 4.48. The number of aromatic nitrogens is 2. The molecule has 0 aliphatic carbocycles. The van der Waals surface area contributed by atoms with E-state index >= 15 is 0 Å². The van der Waals surface area contributed by atoms with E-state index in [2.05, 4.69) is 28.3 Å². The van der Waals surface area contributed by atoms with Crippen LogP contribution in [-0.2, 0) is 0 Å². The van der Waals surface area contributed by atoms with Gasteiger partial charge in [0.15, 0.2) is 0 Å². The van der Waals surface area contributed by atoms with Gasteiger partial charge in [-0.15, -0.1) is 12.4 Å². The maximum absolute atomic E-state index is 4.48. The Morgan fingerprint density at radius 2 is 1.72 bits per heavy atom. The molecule has 0 spiro atoms. The van der Waals surface area contributed by atoms with Crippen molar-refractivity contribution in [1.29, 1.82) is 0 Å². The number of hydrogen-bond acceptors (Lipinski definition) is 2. The van der Waals surface area contributed by atoms with Gasteiger partial charge in [-0.1, -0.05) is 30.3 Å². The smallest absolute Gasteiger partial charge is 0.205 e. The molecule has 1 heterocycles. The van der Waals surface area contributed by atoms with Gasteiger partial charge in [0.05, 0.1) is 11.0 Å². The molecule has 3 aromatic rings. The third-order valence-electron chi connectivity index (χ3n) is 2.79. The summed E-state index contributed by atoms with van der Waals surface area (Å²) >= 11 is 0. The number of anilines is 2. The summed E-state index contributed by atoms with van der Waals surface area (Å²) in [7, 11) is 0. The molecule has 3 nitrogen and oxygen atoms in total. The Morgan fingerprint density at radius 1 is 1.00 bits per heavy atom. The standard InChI is InChI=1S/C14H13N3.ClH/c1-10-6-2-3-7-11(10)15-14-16-12-8-4-5-9-13(12)17-14;/h2-9H,1H3,(H2,15,16,17);1H. The Hall–Kier alpha value is -2.00. The number of halogens is 1. The van der Waals surface area contributed by atoms with Gasteiger partial charge in [-0.2, -0.15) is 0 Å². The van der Waals surface area contributed by atoms with Gasteiger partial charge in [0.1, 0.15) is 0 Å². The number of hydrogen-bond donors (Lipinski definition) is 2. The van der Waals surface area contributed by atoms with Crippen molar-refractivity contribution in [1.82, 2.24) is 9.97 Å². The number of fused-ring (bicyclic) bond motifs is 1. The molecule has 2 aromatic carbocycles. The lowest BCUT2D eigenvalue weighted by Crippen LogP contribution is -1.94. The van der Waals surface area contributed by atoms with Gasteiger partial charge in [0.2, 0.25) is 5.95 Å². The first-order chi connectivity index (χ1) is 8.33. The zero-order valence-corrected chi connectivity index (χ0v) is 10.8. The summed E-state index contributed by atoms with van der Waals surface area (Å²) in [6.45, 7) is 2.07. The molecule has 4 heteroatoms. The molecule has 3 rings (SSSR count). The number of imidazole rings is 1. The van der Waals surface area contributed by atoms with Crippen molar-refractivity contribution in [2.75, 3.05) is 5.32 Å². The molecule has 0 unspecified atom stereocenters. The molecule has 0 aliphatic rings. The van der Waals surface area contributed by atoms with E-state index in [1.54, 1.807) is 0 Å². The van der Waals surface area contributed by atoms with Crippen molar-refractivity contribution < 1.29 is 0 Å². The van der Waals surface area contributed by atoms with Crippen LogP contribution in [-0.4, -0.2) is 9.97 Å². The van der Waals surface area contributed by atoms with Crippen LogP contribution in [0, 0.1) is 6.92 Å². The zero-order chi connectivity index (χ0) is 11.7. The minimum atomic E-state index is 0. The normalized spacial score (nSPS) is 10.1. The van der Waals surface area contributed by atoms with Gasteiger partial charge in [-0.3, -0.25) is 0 Å².